The van der Waals surface area contributed by atoms with Crippen molar-refractivity contribution in [2.24, 2.45) is 0 Å². The van der Waals surface area contributed by atoms with Crippen molar-refractivity contribution in [1.29, 1.82) is 0 Å². The van der Waals surface area contributed by atoms with Crippen molar-refractivity contribution in [2.75, 3.05) is 4.90 Å². The molecule has 2 aliphatic rings. The van der Waals surface area contributed by atoms with E-state index in [1.165, 1.54) is 55.6 Å². The molecule has 11 rings (SSSR count). The molecule has 0 bridgehead atoms. The summed E-state index contributed by atoms with van der Waals surface area (Å²) in [7, 11) is 0. The Balaban J connectivity index is 1.11. The maximum atomic E-state index is 6.47. The van der Waals surface area contributed by atoms with E-state index in [-0.39, 0.29) is 10.8 Å². The van der Waals surface area contributed by atoms with Crippen LogP contribution in [0, 0.1) is 0 Å². The van der Waals surface area contributed by atoms with Crippen LogP contribution in [0.3, 0.4) is 0 Å². The minimum absolute atomic E-state index is 0.0876. The Morgan fingerprint density at radius 1 is 0.393 bits per heavy atom. The second kappa shape index (κ2) is 11.9. The molecular weight excluding hydrogens is 679 g/mol. The Kier molecular flexibility index (Phi) is 6.98. The summed E-state index contributed by atoms with van der Waals surface area (Å²) in [5.41, 5.74) is 20.5. The monoisotopic (exact) mass is 719 g/mol. The van der Waals surface area contributed by atoms with Crippen LogP contribution in [0.15, 0.2) is 180 Å². The normalized spacial score (nSPS) is 14.4. The molecule has 9 aromatic rings. The van der Waals surface area contributed by atoms with E-state index in [0.717, 1.165) is 50.1 Å². The van der Waals surface area contributed by atoms with Crippen molar-refractivity contribution in [3.8, 4) is 44.5 Å². The lowest BCUT2D eigenvalue weighted by atomic mass is 9.82. The van der Waals surface area contributed by atoms with Crippen LogP contribution in [0.25, 0.3) is 66.4 Å². The predicted molar refractivity (Wildman–Crippen MR) is 234 cm³/mol. The molecule has 0 saturated carbocycles. The number of nitrogens with zero attached hydrogens (tertiary/aromatic N) is 1. The molecule has 2 nitrogen and oxygen atoms in total. The third-order valence-corrected chi connectivity index (χ3v) is 12.7. The van der Waals surface area contributed by atoms with Crippen molar-refractivity contribution in [3.05, 3.63) is 198 Å². The molecule has 1 aromatic heterocycles. The van der Waals surface area contributed by atoms with Crippen LogP contribution in [0.5, 0.6) is 0 Å². The summed E-state index contributed by atoms with van der Waals surface area (Å²) in [6, 6.07) is 64.6. The SMILES string of the molecule is CC1(C)c2ccccc2-c2ccc(N(c3ccc(-c4cccc5c4oc4ccccc45)cc3)c3ccccc3-c3cccc4c3-c3ccccc3C4(C)C)cc21. The number of para-hydroxylation sites is 3. The van der Waals surface area contributed by atoms with Gasteiger partial charge in [0, 0.05) is 44.1 Å². The first-order chi connectivity index (χ1) is 27.3. The zero-order chi connectivity index (χ0) is 37.8. The molecule has 8 aromatic carbocycles. The molecule has 0 spiro atoms. The highest BCUT2D eigenvalue weighted by Crippen LogP contribution is 2.55. The Morgan fingerprint density at radius 2 is 0.946 bits per heavy atom. The van der Waals surface area contributed by atoms with Gasteiger partial charge in [0.15, 0.2) is 0 Å². The van der Waals surface area contributed by atoms with Crippen molar-refractivity contribution < 1.29 is 4.42 Å². The maximum Gasteiger partial charge on any atom is 0.143 e. The number of furan rings is 1. The highest BCUT2D eigenvalue weighted by molar-refractivity contribution is 6.09. The number of fused-ring (bicyclic) bond motifs is 9. The molecule has 0 saturated heterocycles. The average Bonchev–Trinajstić information content (AvgIpc) is 3.81. The van der Waals surface area contributed by atoms with E-state index in [0.29, 0.717) is 0 Å². The number of rotatable bonds is 5. The van der Waals surface area contributed by atoms with E-state index in [9.17, 15) is 0 Å². The minimum Gasteiger partial charge on any atom is -0.455 e. The maximum absolute atomic E-state index is 6.47. The van der Waals surface area contributed by atoms with E-state index in [2.05, 4.69) is 202 Å². The largest absolute Gasteiger partial charge is 0.455 e. The Bertz CT molecular complexity index is 3030. The van der Waals surface area contributed by atoms with E-state index in [4.69, 9.17) is 4.42 Å². The topological polar surface area (TPSA) is 16.4 Å². The lowest BCUT2D eigenvalue weighted by Crippen LogP contribution is -2.17. The van der Waals surface area contributed by atoms with Gasteiger partial charge in [-0.25, -0.2) is 0 Å². The van der Waals surface area contributed by atoms with Gasteiger partial charge in [-0.05, 0) is 92.0 Å². The van der Waals surface area contributed by atoms with Gasteiger partial charge in [-0.3, -0.25) is 0 Å². The summed E-state index contributed by atoms with van der Waals surface area (Å²) in [4.78, 5) is 2.46. The summed E-state index contributed by atoms with van der Waals surface area (Å²) >= 11 is 0. The standard InChI is InChI=1S/C54H41NO/c1-53(2)46-23-10-6-18-44(46)51-42(20-14-24-47(51)53)40-16-7-11-25-49(40)55(36-31-32-39-38-15-5-9-22-45(38)54(3,4)48(39)33-36)35-29-27-34(28-30-35)37-19-13-21-43-41-17-8-12-26-50(41)56-52(37)43/h5-33H,1-4H3. The number of benzene rings is 8. The molecule has 56 heavy (non-hydrogen) atoms. The fourth-order valence-electron chi connectivity index (χ4n) is 9.90. The number of hydrogen-bond acceptors (Lipinski definition) is 2. The quantitative estimate of drug-likeness (QED) is 0.176. The number of hydrogen-bond donors (Lipinski definition) is 0. The summed E-state index contributed by atoms with van der Waals surface area (Å²) in [6.45, 7) is 9.44. The second-order valence-electron chi connectivity index (χ2n) is 16.5. The van der Waals surface area contributed by atoms with Crippen LogP contribution < -0.4 is 4.90 Å². The lowest BCUT2D eigenvalue weighted by Gasteiger charge is -2.30. The fourth-order valence-corrected chi connectivity index (χ4v) is 9.90. The fraction of sp³-hybridized carbons (Fsp3) is 0.111. The second-order valence-corrected chi connectivity index (χ2v) is 16.5. The van der Waals surface area contributed by atoms with Gasteiger partial charge in [-0.2, -0.15) is 0 Å². The summed E-state index contributed by atoms with van der Waals surface area (Å²) in [5, 5.41) is 2.28. The third-order valence-electron chi connectivity index (χ3n) is 12.7. The van der Waals surface area contributed by atoms with Gasteiger partial charge >= 0.3 is 0 Å². The van der Waals surface area contributed by atoms with E-state index >= 15 is 0 Å². The summed E-state index contributed by atoms with van der Waals surface area (Å²) in [5.74, 6) is 0. The molecule has 0 unspecified atom stereocenters. The van der Waals surface area contributed by atoms with Gasteiger partial charge in [0.25, 0.3) is 0 Å². The Labute approximate surface area is 328 Å². The van der Waals surface area contributed by atoms with E-state index < -0.39 is 0 Å². The Hall–Kier alpha value is -6.64. The van der Waals surface area contributed by atoms with Crippen LogP contribution in [0.2, 0.25) is 0 Å². The first kappa shape index (κ1) is 32.8. The van der Waals surface area contributed by atoms with Gasteiger partial charge in [-0.15, -0.1) is 0 Å². The molecule has 0 amide bonds. The zero-order valence-electron chi connectivity index (χ0n) is 32.1. The third kappa shape index (κ3) is 4.62. The van der Waals surface area contributed by atoms with Crippen molar-refractivity contribution in [2.45, 2.75) is 38.5 Å². The first-order valence-electron chi connectivity index (χ1n) is 19.7. The summed E-state index contributed by atoms with van der Waals surface area (Å²) < 4.78 is 6.47. The van der Waals surface area contributed by atoms with Crippen LogP contribution >= 0.6 is 0 Å². The van der Waals surface area contributed by atoms with Crippen molar-refractivity contribution in [3.63, 3.8) is 0 Å². The van der Waals surface area contributed by atoms with E-state index in [1.54, 1.807) is 0 Å². The van der Waals surface area contributed by atoms with Gasteiger partial charge in [0.2, 0.25) is 0 Å². The van der Waals surface area contributed by atoms with Crippen LogP contribution in [0.4, 0.5) is 17.1 Å². The van der Waals surface area contributed by atoms with E-state index in [1.807, 2.05) is 6.07 Å². The molecule has 2 heteroatoms. The van der Waals surface area contributed by atoms with Gasteiger partial charge < -0.3 is 9.32 Å². The summed E-state index contributed by atoms with van der Waals surface area (Å²) in [6.07, 6.45) is 0. The molecule has 0 fully saturated rings. The van der Waals surface area contributed by atoms with Crippen molar-refractivity contribution >= 4 is 39.0 Å². The van der Waals surface area contributed by atoms with Crippen molar-refractivity contribution in [1.82, 2.24) is 0 Å². The van der Waals surface area contributed by atoms with Crippen LogP contribution in [0.1, 0.15) is 49.9 Å². The molecule has 0 atom stereocenters. The molecule has 268 valence electrons. The zero-order valence-corrected chi connectivity index (χ0v) is 32.1. The molecule has 0 radical (unpaired) electrons. The highest BCUT2D eigenvalue weighted by Gasteiger charge is 2.38. The molecule has 1 heterocycles. The van der Waals surface area contributed by atoms with Gasteiger partial charge in [-0.1, -0.05) is 167 Å². The van der Waals surface area contributed by atoms with Crippen LogP contribution in [-0.2, 0) is 10.8 Å². The van der Waals surface area contributed by atoms with Gasteiger partial charge in [0.05, 0.1) is 5.69 Å². The average molecular weight is 720 g/mol. The Morgan fingerprint density at radius 3 is 1.77 bits per heavy atom. The smallest absolute Gasteiger partial charge is 0.143 e. The molecular formula is C54H41NO. The lowest BCUT2D eigenvalue weighted by molar-refractivity contribution is 0.660. The molecule has 2 aliphatic carbocycles. The van der Waals surface area contributed by atoms with Gasteiger partial charge in [0.1, 0.15) is 11.2 Å². The highest BCUT2D eigenvalue weighted by atomic mass is 16.3. The predicted octanol–water partition coefficient (Wildman–Crippen LogP) is 15.0. The number of anilines is 3. The minimum atomic E-state index is -0.127. The van der Waals surface area contributed by atoms with Crippen LogP contribution in [-0.4, -0.2) is 0 Å². The molecule has 0 aliphatic heterocycles. The first-order valence-corrected chi connectivity index (χ1v) is 19.7. The molecule has 0 N–H and O–H groups in total.